The zero-order chi connectivity index (χ0) is 25.6. The Morgan fingerprint density at radius 2 is 1.29 bits per heavy atom. The predicted octanol–water partition coefficient (Wildman–Crippen LogP) is -2.75. The number of aliphatic hydroxyl groups excluding tert-OH is 6. The molecular weight excluding hydrogens is 460 g/mol. The average molecular weight is 492 g/mol. The van der Waals surface area contributed by atoms with Crippen LogP contribution in [0.2, 0.25) is 0 Å². The number of hydrogen-bond acceptors (Lipinski definition) is 13. The summed E-state index contributed by atoms with van der Waals surface area (Å²) in [5.41, 5.74) is 0.195. The van der Waals surface area contributed by atoms with E-state index in [1.165, 1.54) is 19.1 Å². The zero-order valence-corrected chi connectivity index (χ0v) is 19.0. The summed E-state index contributed by atoms with van der Waals surface area (Å²) in [4.78, 5) is 24.0. The van der Waals surface area contributed by atoms with Gasteiger partial charge in [-0.1, -0.05) is 12.2 Å². The van der Waals surface area contributed by atoms with Crippen LogP contribution >= 0.6 is 0 Å². The molecule has 0 aliphatic carbocycles. The minimum absolute atomic E-state index is 0.195. The van der Waals surface area contributed by atoms with Crippen molar-refractivity contribution in [2.24, 2.45) is 0 Å². The van der Waals surface area contributed by atoms with Crippen molar-refractivity contribution >= 4 is 11.9 Å². The Kier molecular flexibility index (Phi) is 10.5. The molecule has 10 atom stereocenters. The van der Waals surface area contributed by atoms with Crippen molar-refractivity contribution in [1.82, 2.24) is 0 Å². The summed E-state index contributed by atoms with van der Waals surface area (Å²) in [5.74, 6) is -1.72. The first-order chi connectivity index (χ1) is 16.1. The number of aliphatic hydroxyl groups is 6. The molecule has 2 aliphatic rings. The van der Waals surface area contributed by atoms with Gasteiger partial charge in [0.25, 0.3) is 0 Å². The molecule has 0 bridgehead atoms. The number of carbonyl (C=O) groups excluding carboxylic acids is 2. The van der Waals surface area contributed by atoms with Crippen molar-refractivity contribution in [3.05, 3.63) is 23.8 Å². The van der Waals surface area contributed by atoms with Crippen molar-refractivity contribution < 1.29 is 63.9 Å². The van der Waals surface area contributed by atoms with E-state index in [0.717, 1.165) is 6.08 Å². The molecule has 0 aromatic carbocycles. The molecule has 2 rings (SSSR count). The molecule has 2 aliphatic heterocycles. The summed E-state index contributed by atoms with van der Waals surface area (Å²) >= 11 is 0. The summed E-state index contributed by atoms with van der Waals surface area (Å²) in [6.07, 6.45) is -12.2. The van der Waals surface area contributed by atoms with Gasteiger partial charge in [-0.15, -0.1) is 0 Å². The number of carbonyl (C=O) groups is 2. The van der Waals surface area contributed by atoms with Crippen LogP contribution < -0.4 is 0 Å². The Morgan fingerprint density at radius 3 is 1.71 bits per heavy atom. The molecular formula is C21H32O13. The zero-order valence-electron chi connectivity index (χ0n) is 19.0. The largest absolute Gasteiger partial charge is 0.453 e. The third-order valence-corrected chi connectivity index (χ3v) is 5.47. The van der Waals surface area contributed by atoms with E-state index >= 15 is 0 Å². The lowest BCUT2D eigenvalue weighted by Crippen LogP contribution is -2.64. The molecule has 6 N–H and O–H groups in total. The standard InChI is InChI=1S/C21H32O13/c1-4-6-12(24)32-17-13(25)10(7-22)30-20(15(17)27)34-21-16(28)18(14(26)11(8-23)31-21)33-19(29)9(3)5-2/h4-6,10-11,13-18,20-23,25-28H,7-8H2,1-3H3/b6-4-,9-5-. The van der Waals surface area contributed by atoms with Gasteiger partial charge in [0, 0.05) is 11.6 Å². The topological polar surface area (TPSA) is 202 Å². The Balaban J connectivity index is 2.23. The van der Waals surface area contributed by atoms with Gasteiger partial charge >= 0.3 is 11.9 Å². The predicted molar refractivity (Wildman–Crippen MR) is 111 cm³/mol. The molecule has 0 spiro atoms. The lowest BCUT2D eigenvalue weighted by molar-refractivity contribution is -0.376. The first kappa shape index (κ1) is 28.3. The first-order valence-corrected chi connectivity index (χ1v) is 10.7. The van der Waals surface area contributed by atoms with Gasteiger partial charge in [-0.2, -0.15) is 0 Å². The first-order valence-electron chi connectivity index (χ1n) is 10.7. The maximum Gasteiger partial charge on any atom is 0.333 e. The minimum Gasteiger partial charge on any atom is -0.453 e. The van der Waals surface area contributed by atoms with Gasteiger partial charge in [-0.05, 0) is 20.8 Å². The molecule has 0 amide bonds. The van der Waals surface area contributed by atoms with E-state index in [2.05, 4.69) is 0 Å². The van der Waals surface area contributed by atoms with Gasteiger partial charge in [-0.3, -0.25) is 0 Å². The number of esters is 2. The molecule has 194 valence electrons. The molecule has 0 saturated carbocycles. The highest BCUT2D eigenvalue weighted by Gasteiger charge is 2.52. The van der Waals surface area contributed by atoms with Crippen LogP contribution in [0.5, 0.6) is 0 Å². The van der Waals surface area contributed by atoms with E-state index < -0.39 is 86.6 Å². The van der Waals surface area contributed by atoms with Crippen LogP contribution in [0.25, 0.3) is 0 Å². The normalized spacial score (nSPS) is 39.1. The monoisotopic (exact) mass is 492 g/mol. The summed E-state index contributed by atoms with van der Waals surface area (Å²) in [5, 5.41) is 61.1. The third kappa shape index (κ3) is 6.38. The summed E-state index contributed by atoms with van der Waals surface area (Å²) < 4.78 is 26.4. The summed E-state index contributed by atoms with van der Waals surface area (Å²) in [6.45, 7) is 3.12. The van der Waals surface area contributed by atoms with Crippen LogP contribution in [0.3, 0.4) is 0 Å². The molecule has 13 nitrogen and oxygen atoms in total. The summed E-state index contributed by atoms with van der Waals surface area (Å²) in [6, 6.07) is 0. The fraction of sp³-hybridized carbons (Fsp3) is 0.714. The maximum atomic E-state index is 12.2. The van der Waals surface area contributed by atoms with Crippen molar-refractivity contribution in [2.75, 3.05) is 13.2 Å². The molecule has 0 aromatic heterocycles. The van der Waals surface area contributed by atoms with Crippen LogP contribution in [0, 0.1) is 0 Å². The second-order valence-electron chi connectivity index (χ2n) is 7.79. The smallest absolute Gasteiger partial charge is 0.333 e. The quantitative estimate of drug-likeness (QED) is 0.150. The number of hydrogen-bond donors (Lipinski definition) is 6. The van der Waals surface area contributed by atoms with E-state index in [4.69, 9.17) is 23.7 Å². The fourth-order valence-corrected chi connectivity index (χ4v) is 3.39. The van der Waals surface area contributed by atoms with Gasteiger partial charge in [0.1, 0.15) is 36.6 Å². The van der Waals surface area contributed by atoms with Crippen molar-refractivity contribution in [2.45, 2.75) is 82.2 Å². The molecule has 2 fully saturated rings. The second-order valence-corrected chi connectivity index (χ2v) is 7.79. The molecule has 2 heterocycles. The van der Waals surface area contributed by atoms with Crippen LogP contribution in [0.15, 0.2) is 23.8 Å². The lowest BCUT2D eigenvalue weighted by atomic mass is 9.97. The Bertz CT molecular complexity index is 753. The SMILES string of the molecule is C/C=C\C(=O)OC1C(O)C(CO)OC(OC2OC(CO)C(O)C(OC(=O)/C(C)=C\C)C2O)C1O. The van der Waals surface area contributed by atoms with E-state index in [1.54, 1.807) is 13.8 Å². The van der Waals surface area contributed by atoms with Crippen LogP contribution in [0.4, 0.5) is 0 Å². The van der Waals surface area contributed by atoms with Gasteiger partial charge in [0.15, 0.2) is 24.8 Å². The number of rotatable bonds is 8. The minimum atomic E-state index is -1.80. The molecule has 13 heteroatoms. The highest BCUT2D eigenvalue weighted by Crippen LogP contribution is 2.30. The Labute approximate surface area is 195 Å². The van der Waals surface area contributed by atoms with Crippen molar-refractivity contribution in [1.29, 1.82) is 0 Å². The highest BCUT2D eigenvalue weighted by atomic mass is 16.8. The molecule has 34 heavy (non-hydrogen) atoms. The average Bonchev–Trinajstić information content (AvgIpc) is 2.82. The third-order valence-electron chi connectivity index (χ3n) is 5.47. The van der Waals surface area contributed by atoms with Gasteiger partial charge in [-0.25, -0.2) is 9.59 Å². The molecule has 2 saturated heterocycles. The lowest BCUT2D eigenvalue weighted by Gasteiger charge is -2.45. The van der Waals surface area contributed by atoms with Crippen LogP contribution in [-0.4, -0.2) is 117 Å². The molecule has 10 unspecified atom stereocenters. The van der Waals surface area contributed by atoms with Gasteiger partial charge < -0.3 is 54.3 Å². The fourth-order valence-electron chi connectivity index (χ4n) is 3.39. The highest BCUT2D eigenvalue weighted by molar-refractivity contribution is 5.87. The van der Waals surface area contributed by atoms with Crippen LogP contribution in [0.1, 0.15) is 20.8 Å². The van der Waals surface area contributed by atoms with E-state index in [-0.39, 0.29) is 5.57 Å². The maximum absolute atomic E-state index is 12.2. The number of allylic oxidation sites excluding steroid dienone is 2. The van der Waals surface area contributed by atoms with E-state index in [9.17, 15) is 40.2 Å². The molecule has 0 radical (unpaired) electrons. The second kappa shape index (κ2) is 12.7. The van der Waals surface area contributed by atoms with Gasteiger partial charge in [0.2, 0.25) is 0 Å². The Morgan fingerprint density at radius 1 is 0.824 bits per heavy atom. The van der Waals surface area contributed by atoms with E-state index in [1.807, 2.05) is 0 Å². The Hall–Kier alpha value is -1.94. The van der Waals surface area contributed by atoms with E-state index in [0.29, 0.717) is 0 Å². The molecule has 0 aromatic rings. The van der Waals surface area contributed by atoms with Crippen molar-refractivity contribution in [3.63, 3.8) is 0 Å². The number of ether oxygens (including phenoxy) is 5. The van der Waals surface area contributed by atoms with Crippen LogP contribution in [-0.2, 0) is 33.3 Å². The summed E-state index contributed by atoms with van der Waals surface area (Å²) in [7, 11) is 0. The van der Waals surface area contributed by atoms with Gasteiger partial charge in [0.05, 0.1) is 13.2 Å². The van der Waals surface area contributed by atoms with Crippen molar-refractivity contribution in [3.8, 4) is 0 Å².